The van der Waals surface area contributed by atoms with Crippen LogP contribution >= 0.6 is 0 Å². The summed E-state index contributed by atoms with van der Waals surface area (Å²) in [7, 11) is 0. The third kappa shape index (κ3) is 3.32. The molecule has 1 aromatic carbocycles. The molecule has 19 heavy (non-hydrogen) atoms. The van der Waals surface area contributed by atoms with Crippen molar-refractivity contribution in [3.05, 3.63) is 47.3 Å². The average molecular weight is 259 g/mol. The van der Waals surface area contributed by atoms with E-state index in [-0.39, 0.29) is 0 Å². The smallest absolute Gasteiger partial charge is 0.210 e. The molecule has 2 rings (SSSR count). The second-order valence-electron chi connectivity index (χ2n) is 4.10. The first-order valence-corrected chi connectivity index (χ1v) is 5.95. The Morgan fingerprint density at radius 1 is 1.32 bits per heavy atom. The molecule has 0 aliphatic rings. The molecule has 0 aliphatic carbocycles. The van der Waals surface area contributed by atoms with Gasteiger partial charge in [0.1, 0.15) is 5.76 Å². The van der Waals surface area contributed by atoms with Crippen LogP contribution in [0.4, 0.5) is 5.69 Å². The second kappa shape index (κ2) is 6.01. The van der Waals surface area contributed by atoms with E-state index in [9.17, 15) is 0 Å². The van der Waals surface area contributed by atoms with E-state index in [0.29, 0.717) is 12.5 Å². The summed E-state index contributed by atoms with van der Waals surface area (Å²) in [5.41, 5.74) is 5.27. The van der Waals surface area contributed by atoms with Crippen LogP contribution in [-0.2, 0) is 6.54 Å². The van der Waals surface area contributed by atoms with E-state index in [1.807, 2.05) is 44.2 Å². The zero-order valence-corrected chi connectivity index (χ0v) is 11.0. The van der Waals surface area contributed by atoms with E-state index in [1.54, 1.807) is 0 Å². The highest BCUT2D eigenvalue weighted by atomic mass is 16.5. The Hall–Kier alpha value is -2.34. The Morgan fingerprint density at radius 2 is 2.05 bits per heavy atom. The van der Waals surface area contributed by atoms with Crippen LogP contribution in [0.2, 0.25) is 0 Å². The fourth-order valence-electron chi connectivity index (χ4n) is 1.67. The number of guanidine groups is 1. The average Bonchev–Trinajstić information content (AvgIpc) is 2.75. The summed E-state index contributed by atoms with van der Waals surface area (Å²) in [6, 6.07) is 9.68. The van der Waals surface area contributed by atoms with Gasteiger partial charge in [0.05, 0.1) is 12.2 Å². The molecule has 0 unspecified atom stereocenters. The van der Waals surface area contributed by atoms with Crippen LogP contribution in [-0.4, -0.2) is 11.1 Å². The van der Waals surface area contributed by atoms with Gasteiger partial charge in [-0.15, -0.1) is 0 Å². The highest BCUT2D eigenvalue weighted by molar-refractivity contribution is 5.93. The maximum absolute atomic E-state index is 5.45. The van der Waals surface area contributed by atoms with Gasteiger partial charge in [0.25, 0.3) is 0 Å². The van der Waals surface area contributed by atoms with E-state index in [1.165, 1.54) is 0 Å². The number of aromatic nitrogens is 1. The van der Waals surface area contributed by atoms with Gasteiger partial charge in [0.2, 0.25) is 5.96 Å². The van der Waals surface area contributed by atoms with Crippen LogP contribution in [0.25, 0.3) is 0 Å². The van der Waals surface area contributed by atoms with Gasteiger partial charge < -0.3 is 9.84 Å². The Labute approximate surface area is 111 Å². The van der Waals surface area contributed by atoms with Gasteiger partial charge in [-0.1, -0.05) is 23.4 Å². The molecule has 4 N–H and O–H groups in total. The van der Waals surface area contributed by atoms with Crippen LogP contribution in [0.5, 0.6) is 0 Å². The molecule has 0 amide bonds. The van der Waals surface area contributed by atoms with E-state index in [4.69, 9.17) is 10.4 Å². The lowest BCUT2D eigenvalue weighted by molar-refractivity contribution is 0.392. The molecule has 0 fully saturated rings. The summed E-state index contributed by atoms with van der Waals surface area (Å²) in [6.45, 7) is 4.22. The van der Waals surface area contributed by atoms with Crippen molar-refractivity contribution in [2.24, 2.45) is 10.8 Å². The molecule has 2 aromatic rings. The van der Waals surface area contributed by atoms with Crippen molar-refractivity contribution in [3.63, 3.8) is 0 Å². The number of hydrogen-bond acceptors (Lipinski definition) is 4. The summed E-state index contributed by atoms with van der Waals surface area (Å²) >= 11 is 0. The summed E-state index contributed by atoms with van der Waals surface area (Å²) in [5, 5.41) is 6.98. The Bertz CT molecular complexity index is 542. The molecule has 0 aliphatic heterocycles. The molecule has 0 saturated heterocycles. The van der Waals surface area contributed by atoms with Gasteiger partial charge in [-0.2, -0.15) is 0 Å². The number of nitrogens with one attached hydrogen (secondary N) is 2. The van der Waals surface area contributed by atoms with Crippen LogP contribution in [0.3, 0.4) is 0 Å². The molecule has 6 heteroatoms. The largest absolute Gasteiger partial charge is 0.361 e. The Kier molecular flexibility index (Phi) is 4.15. The molecule has 0 bridgehead atoms. The quantitative estimate of drug-likeness (QED) is 0.338. The minimum absolute atomic E-state index is 0.459. The lowest BCUT2D eigenvalue weighted by Crippen LogP contribution is -2.36. The first-order valence-electron chi connectivity index (χ1n) is 5.95. The molecule has 0 saturated carbocycles. The number of nitrogens with zero attached hydrogens (tertiary/aromatic N) is 2. The van der Waals surface area contributed by atoms with Gasteiger partial charge in [0.15, 0.2) is 0 Å². The SMILES string of the molecule is Cc1noc(C)c1CN=C(NN)Nc1ccccc1. The van der Waals surface area contributed by atoms with E-state index in [2.05, 4.69) is 20.9 Å². The number of aliphatic imine (C=N–C) groups is 1. The fraction of sp³-hybridized carbons (Fsp3) is 0.231. The zero-order chi connectivity index (χ0) is 13.7. The standard InChI is InChI=1S/C13H17N5O/c1-9-12(10(2)19-18-9)8-15-13(17-14)16-11-6-4-3-5-7-11/h3-7H,8,14H2,1-2H3,(H2,15,16,17). The van der Waals surface area contributed by atoms with E-state index >= 15 is 0 Å². The van der Waals surface area contributed by atoms with Gasteiger partial charge in [-0.3, -0.25) is 5.43 Å². The number of nitrogens with two attached hydrogens (primary N) is 1. The molecule has 6 nitrogen and oxygen atoms in total. The molecule has 0 spiro atoms. The van der Waals surface area contributed by atoms with Crippen molar-refractivity contribution in [1.82, 2.24) is 10.6 Å². The predicted octanol–water partition coefficient (Wildman–Crippen LogP) is 1.72. The van der Waals surface area contributed by atoms with Crippen LogP contribution < -0.4 is 16.6 Å². The molecule has 0 radical (unpaired) electrons. The highest BCUT2D eigenvalue weighted by Gasteiger charge is 2.08. The maximum atomic E-state index is 5.45. The lowest BCUT2D eigenvalue weighted by Gasteiger charge is -2.08. The number of aryl methyl sites for hydroxylation is 2. The highest BCUT2D eigenvalue weighted by Crippen LogP contribution is 2.13. The monoisotopic (exact) mass is 259 g/mol. The first-order chi connectivity index (χ1) is 9.20. The summed E-state index contributed by atoms with van der Waals surface area (Å²) in [5.74, 6) is 6.72. The van der Waals surface area contributed by atoms with E-state index < -0.39 is 0 Å². The first kappa shape index (κ1) is 13.1. The van der Waals surface area contributed by atoms with Crippen molar-refractivity contribution in [2.75, 3.05) is 5.32 Å². The number of hydrogen-bond donors (Lipinski definition) is 3. The van der Waals surface area contributed by atoms with Gasteiger partial charge >= 0.3 is 0 Å². The summed E-state index contributed by atoms with van der Waals surface area (Å²) in [4.78, 5) is 4.37. The van der Waals surface area contributed by atoms with Crippen molar-refractivity contribution >= 4 is 11.6 Å². The van der Waals surface area contributed by atoms with Crippen molar-refractivity contribution in [3.8, 4) is 0 Å². The molecule has 100 valence electrons. The maximum Gasteiger partial charge on any atom is 0.210 e. The van der Waals surface area contributed by atoms with Crippen molar-refractivity contribution in [1.29, 1.82) is 0 Å². The van der Waals surface area contributed by atoms with Crippen LogP contribution in [0, 0.1) is 13.8 Å². The van der Waals surface area contributed by atoms with E-state index in [0.717, 1.165) is 22.7 Å². The van der Waals surface area contributed by atoms with Crippen molar-refractivity contribution in [2.45, 2.75) is 20.4 Å². The molecule has 1 aromatic heterocycles. The Balaban J connectivity index is 2.08. The predicted molar refractivity (Wildman–Crippen MR) is 74.5 cm³/mol. The minimum atomic E-state index is 0.459. The fourth-order valence-corrected chi connectivity index (χ4v) is 1.67. The summed E-state index contributed by atoms with van der Waals surface area (Å²) in [6.07, 6.45) is 0. The molecular formula is C13H17N5O. The Morgan fingerprint density at radius 3 is 2.63 bits per heavy atom. The zero-order valence-electron chi connectivity index (χ0n) is 11.0. The molecular weight excluding hydrogens is 242 g/mol. The molecule has 1 heterocycles. The minimum Gasteiger partial charge on any atom is -0.361 e. The van der Waals surface area contributed by atoms with Gasteiger partial charge in [-0.05, 0) is 26.0 Å². The number of benzene rings is 1. The third-order valence-electron chi connectivity index (χ3n) is 2.75. The topological polar surface area (TPSA) is 88.5 Å². The lowest BCUT2D eigenvalue weighted by atomic mass is 10.2. The number of rotatable bonds is 3. The van der Waals surface area contributed by atoms with Crippen molar-refractivity contribution < 1.29 is 4.52 Å². The van der Waals surface area contributed by atoms with Crippen LogP contribution in [0.1, 0.15) is 17.0 Å². The number of para-hydroxylation sites is 1. The molecule has 0 atom stereocenters. The third-order valence-corrected chi connectivity index (χ3v) is 2.75. The van der Waals surface area contributed by atoms with Gasteiger partial charge in [-0.25, -0.2) is 10.8 Å². The normalized spacial score (nSPS) is 11.4. The van der Waals surface area contributed by atoms with Crippen LogP contribution in [0.15, 0.2) is 39.8 Å². The summed E-state index contributed by atoms with van der Waals surface area (Å²) < 4.78 is 5.09. The van der Waals surface area contributed by atoms with Gasteiger partial charge in [0, 0.05) is 11.3 Å². The number of anilines is 1. The number of hydrazine groups is 1. The second-order valence-corrected chi connectivity index (χ2v) is 4.10.